The molecule has 5 heteroatoms. The first kappa shape index (κ1) is 15.5. The van der Waals surface area contributed by atoms with Gasteiger partial charge in [0.1, 0.15) is 5.76 Å². The Morgan fingerprint density at radius 1 is 1.26 bits per heavy atom. The highest BCUT2D eigenvalue weighted by atomic mass is 79.9. The van der Waals surface area contributed by atoms with E-state index in [0.717, 1.165) is 28.0 Å². The van der Waals surface area contributed by atoms with Crippen LogP contribution in [0.4, 0.5) is 0 Å². The maximum absolute atomic E-state index is 5.59. The van der Waals surface area contributed by atoms with E-state index in [1.807, 2.05) is 6.07 Å². The highest BCUT2D eigenvalue weighted by molar-refractivity contribution is 9.13. The number of likely N-dealkylation sites (N-methyl/N-ethyl adjacent to an activating group) is 1. The molecular formula is C14H22Br2N2O. The molecule has 3 nitrogen and oxygen atoms in total. The van der Waals surface area contributed by atoms with Gasteiger partial charge in [0.2, 0.25) is 0 Å². The summed E-state index contributed by atoms with van der Waals surface area (Å²) in [6.07, 6.45) is 6.65. The second-order valence-corrected chi connectivity index (χ2v) is 7.19. The Morgan fingerprint density at radius 3 is 2.47 bits per heavy atom. The number of hydrogen-bond donors (Lipinski definition) is 1. The summed E-state index contributed by atoms with van der Waals surface area (Å²) in [5.41, 5.74) is 0.319. The number of nitrogens with zero attached hydrogens (tertiary/aromatic N) is 1. The lowest BCUT2D eigenvalue weighted by molar-refractivity contribution is 0.0978. The van der Waals surface area contributed by atoms with Crippen molar-refractivity contribution in [3.05, 3.63) is 21.0 Å². The van der Waals surface area contributed by atoms with Gasteiger partial charge in [0.05, 0.1) is 11.0 Å². The van der Waals surface area contributed by atoms with Crippen LogP contribution in [0.3, 0.4) is 0 Å². The molecule has 19 heavy (non-hydrogen) atoms. The molecule has 1 N–H and O–H groups in total. The minimum absolute atomic E-state index is 0.319. The molecule has 1 saturated carbocycles. The second kappa shape index (κ2) is 6.74. The van der Waals surface area contributed by atoms with E-state index >= 15 is 0 Å². The fraction of sp³-hybridized carbons (Fsp3) is 0.714. The fourth-order valence-corrected chi connectivity index (χ4v) is 3.55. The van der Waals surface area contributed by atoms with Crippen LogP contribution in [0.25, 0.3) is 0 Å². The summed E-state index contributed by atoms with van der Waals surface area (Å²) >= 11 is 6.81. The molecule has 1 fully saturated rings. The molecule has 1 aromatic heterocycles. The van der Waals surface area contributed by atoms with Crippen molar-refractivity contribution in [3.8, 4) is 0 Å². The van der Waals surface area contributed by atoms with Crippen LogP contribution in [0.5, 0.6) is 0 Å². The topological polar surface area (TPSA) is 28.4 Å². The summed E-state index contributed by atoms with van der Waals surface area (Å²) in [5, 5.41) is 3.56. The molecule has 0 aromatic carbocycles. The Bertz CT molecular complexity index is 392. The van der Waals surface area contributed by atoms with E-state index in [1.54, 1.807) is 0 Å². The van der Waals surface area contributed by atoms with Crippen molar-refractivity contribution < 1.29 is 4.42 Å². The molecule has 0 spiro atoms. The molecule has 0 unspecified atom stereocenters. The Hall–Kier alpha value is 0.160. The predicted molar refractivity (Wildman–Crippen MR) is 85.3 cm³/mol. The van der Waals surface area contributed by atoms with E-state index in [1.165, 1.54) is 32.1 Å². The number of rotatable bonds is 5. The van der Waals surface area contributed by atoms with Gasteiger partial charge in [-0.2, -0.15) is 0 Å². The molecule has 0 saturated heterocycles. The lowest BCUT2D eigenvalue weighted by Crippen LogP contribution is -2.52. The van der Waals surface area contributed by atoms with E-state index in [9.17, 15) is 0 Å². The maximum Gasteiger partial charge on any atom is 0.183 e. The third-order valence-corrected chi connectivity index (χ3v) is 5.89. The zero-order chi connectivity index (χ0) is 13.9. The third kappa shape index (κ3) is 3.84. The molecule has 0 atom stereocenters. The highest BCUT2D eigenvalue weighted by Gasteiger charge is 2.33. The minimum atomic E-state index is 0.319. The second-order valence-electron chi connectivity index (χ2n) is 5.62. The van der Waals surface area contributed by atoms with Crippen LogP contribution in [0.1, 0.15) is 37.9 Å². The lowest BCUT2D eigenvalue weighted by Gasteiger charge is -2.43. The van der Waals surface area contributed by atoms with Gasteiger partial charge in [-0.3, -0.25) is 0 Å². The maximum atomic E-state index is 5.59. The first-order valence-electron chi connectivity index (χ1n) is 6.85. The van der Waals surface area contributed by atoms with Crippen LogP contribution in [-0.4, -0.2) is 31.1 Å². The van der Waals surface area contributed by atoms with Gasteiger partial charge in [-0.05, 0) is 64.9 Å². The quantitative estimate of drug-likeness (QED) is 0.813. The van der Waals surface area contributed by atoms with Crippen LogP contribution >= 0.6 is 31.9 Å². The summed E-state index contributed by atoms with van der Waals surface area (Å²) in [6.45, 7) is 1.80. The van der Waals surface area contributed by atoms with E-state index in [-0.39, 0.29) is 0 Å². The number of halogens is 2. The molecule has 0 amide bonds. The Kier molecular flexibility index (Phi) is 5.52. The monoisotopic (exact) mass is 392 g/mol. The molecule has 0 radical (unpaired) electrons. The fourth-order valence-electron chi connectivity index (χ4n) is 2.89. The SMILES string of the molecule is CN(C)C1(CNCc2cc(Br)c(Br)o2)CCCCC1. The standard InChI is InChI=1S/C14H22Br2N2O/c1-18(2)14(6-4-3-5-7-14)10-17-9-11-8-12(15)13(16)19-11/h8,17H,3-7,9-10H2,1-2H3. The van der Waals surface area contributed by atoms with E-state index in [4.69, 9.17) is 4.42 Å². The van der Waals surface area contributed by atoms with Crippen molar-refractivity contribution in [3.63, 3.8) is 0 Å². The normalized spacial score (nSPS) is 19.0. The molecular weight excluding hydrogens is 372 g/mol. The number of nitrogens with one attached hydrogen (secondary N) is 1. The van der Waals surface area contributed by atoms with Gasteiger partial charge >= 0.3 is 0 Å². The summed E-state index contributed by atoms with van der Waals surface area (Å²) in [4.78, 5) is 2.40. The van der Waals surface area contributed by atoms with E-state index in [2.05, 4.69) is 56.2 Å². The van der Waals surface area contributed by atoms with Crippen LogP contribution < -0.4 is 5.32 Å². The van der Waals surface area contributed by atoms with E-state index < -0.39 is 0 Å². The Balaban J connectivity index is 1.89. The predicted octanol–water partition coefficient (Wildman–Crippen LogP) is 4.16. The van der Waals surface area contributed by atoms with Crippen molar-refractivity contribution in [1.82, 2.24) is 10.2 Å². The van der Waals surface area contributed by atoms with Crippen molar-refractivity contribution >= 4 is 31.9 Å². The van der Waals surface area contributed by atoms with Gasteiger partial charge in [0.25, 0.3) is 0 Å². The molecule has 1 aliphatic rings. The third-order valence-electron chi connectivity index (χ3n) is 4.18. The Labute approximate surface area is 132 Å². The molecule has 0 bridgehead atoms. The lowest BCUT2D eigenvalue weighted by atomic mass is 9.80. The average molecular weight is 394 g/mol. The van der Waals surface area contributed by atoms with Crippen LogP contribution in [0.15, 0.2) is 19.6 Å². The molecule has 0 aliphatic heterocycles. The number of furan rings is 1. The van der Waals surface area contributed by atoms with Crippen LogP contribution in [-0.2, 0) is 6.54 Å². The smallest absolute Gasteiger partial charge is 0.183 e. The minimum Gasteiger partial charge on any atom is -0.452 e. The zero-order valence-corrected chi connectivity index (χ0v) is 14.8. The van der Waals surface area contributed by atoms with Gasteiger partial charge in [0.15, 0.2) is 4.67 Å². The Morgan fingerprint density at radius 2 is 1.95 bits per heavy atom. The van der Waals surface area contributed by atoms with Gasteiger partial charge in [-0.15, -0.1) is 0 Å². The summed E-state index contributed by atoms with van der Waals surface area (Å²) in [7, 11) is 4.40. The summed E-state index contributed by atoms with van der Waals surface area (Å²) < 4.78 is 7.33. The largest absolute Gasteiger partial charge is 0.452 e. The molecule has 1 heterocycles. The summed E-state index contributed by atoms with van der Waals surface area (Å²) in [6, 6.07) is 2.01. The van der Waals surface area contributed by atoms with Crippen LogP contribution in [0, 0.1) is 0 Å². The zero-order valence-electron chi connectivity index (χ0n) is 11.6. The van der Waals surface area contributed by atoms with E-state index in [0.29, 0.717) is 5.54 Å². The first-order chi connectivity index (χ1) is 9.03. The van der Waals surface area contributed by atoms with Crippen molar-refractivity contribution in [2.24, 2.45) is 0 Å². The molecule has 1 aromatic rings. The summed E-state index contributed by atoms with van der Waals surface area (Å²) in [5.74, 6) is 0.962. The first-order valence-corrected chi connectivity index (χ1v) is 8.44. The average Bonchev–Trinajstić information content (AvgIpc) is 2.69. The van der Waals surface area contributed by atoms with Gasteiger partial charge in [-0.25, -0.2) is 0 Å². The van der Waals surface area contributed by atoms with Gasteiger partial charge in [-0.1, -0.05) is 19.3 Å². The molecule has 1 aliphatic carbocycles. The number of hydrogen-bond acceptors (Lipinski definition) is 3. The highest BCUT2D eigenvalue weighted by Crippen LogP contribution is 2.32. The van der Waals surface area contributed by atoms with Gasteiger partial charge in [0, 0.05) is 12.1 Å². The molecule has 2 rings (SSSR count). The van der Waals surface area contributed by atoms with Crippen molar-refractivity contribution in [2.75, 3.05) is 20.6 Å². The van der Waals surface area contributed by atoms with Gasteiger partial charge < -0.3 is 14.6 Å². The van der Waals surface area contributed by atoms with Crippen molar-refractivity contribution in [1.29, 1.82) is 0 Å². The van der Waals surface area contributed by atoms with Crippen LogP contribution in [0.2, 0.25) is 0 Å². The van der Waals surface area contributed by atoms with Crippen molar-refractivity contribution in [2.45, 2.75) is 44.2 Å². The molecule has 108 valence electrons.